The molecule has 25 heavy (non-hydrogen) atoms. The van der Waals surface area contributed by atoms with E-state index in [2.05, 4.69) is 11.9 Å². The van der Waals surface area contributed by atoms with E-state index in [9.17, 15) is 19.2 Å². The van der Waals surface area contributed by atoms with Gasteiger partial charge in [0.15, 0.2) is 0 Å². The van der Waals surface area contributed by atoms with Crippen molar-refractivity contribution < 1.29 is 19.2 Å². The van der Waals surface area contributed by atoms with Gasteiger partial charge in [-0.3, -0.25) is 19.3 Å². The molecule has 1 aliphatic heterocycles. The molecule has 7 nitrogen and oxygen atoms in total. The van der Waals surface area contributed by atoms with E-state index in [1.54, 1.807) is 12.1 Å². The SMILES string of the molecule is C=CCN1C(=O)C(=O)N(CC(=O)Nc2cccc3ccccc23)C1=O. The standard InChI is InChI=1S/C18H15N3O4/c1-2-10-20-16(23)17(24)21(18(20)25)11-15(22)19-14-9-5-7-12-6-3-4-8-13(12)14/h2-9H,1,10-11H2,(H,19,22). The molecule has 1 aliphatic rings. The lowest BCUT2D eigenvalue weighted by Gasteiger charge is -2.14. The highest BCUT2D eigenvalue weighted by Crippen LogP contribution is 2.23. The van der Waals surface area contributed by atoms with Crippen LogP contribution in [0.1, 0.15) is 0 Å². The Labute approximate surface area is 143 Å². The van der Waals surface area contributed by atoms with E-state index in [1.807, 2.05) is 30.3 Å². The average molecular weight is 337 g/mol. The summed E-state index contributed by atoms with van der Waals surface area (Å²) in [5.41, 5.74) is 0.566. The zero-order chi connectivity index (χ0) is 18.0. The summed E-state index contributed by atoms with van der Waals surface area (Å²) in [4.78, 5) is 49.4. The van der Waals surface area contributed by atoms with Crippen molar-refractivity contribution in [1.82, 2.24) is 9.80 Å². The van der Waals surface area contributed by atoms with E-state index in [0.717, 1.165) is 15.7 Å². The summed E-state index contributed by atoms with van der Waals surface area (Å²) in [7, 11) is 0. The van der Waals surface area contributed by atoms with Gasteiger partial charge in [-0.15, -0.1) is 6.58 Å². The number of carbonyl (C=O) groups is 4. The first-order valence-corrected chi connectivity index (χ1v) is 7.58. The molecule has 5 amide bonds. The highest BCUT2D eigenvalue weighted by atomic mass is 16.2. The molecule has 1 heterocycles. The van der Waals surface area contributed by atoms with Crippen LogP contribution in [-0.4, -0.2) is 46.6 Å². The van der Waals surface area contributed by atoms with Crippen LogP contribution in [0.25, 0.3) is 10.8 Å². The summed E-state index contributed by atoms with van der Waals surface area (Å²) < 4.78 is 0. The van der Waals surface area contributed by atoms with E-state index >= 15 is 0 Å². The van der Waals surface area contributed by atoms with Crippen LogP contribution in [0.4, 0.5) is 10.5 Å². The van der Waals surface area contributed by atoms with E-state index < -0.39 is 30.3 Å². The lowest BCUT2D eigenvalue weighted by molar-refractivity contribution is -0.143. The second kappa shape index (κ2) is 6.56. The molecule has 2 aromatic carbocycles. The van der Waals surface area contributed by atoms with Crippen LogP contribution in [0.2, 0.25) is 0 Å². The summed E-state index contributed by atoms with van der Waals surface area (Å²) in [6, 6.07) is 12.1. The molecule has 1 saturated heterocycles. The van der Waals surface area contributed by atoms with E-state index in [1.165, 1.54) is 6.08 Å². The third kappa shape index (κ3) is 2.99. The van der Waals surface area contributed by atoms with Crippen LogP contribution in [0, 0.1) is 0 Å². The Morgan fingerprint density at radius 2 is 1.68 bits per heavy atom. The van der Waals surface area contributed by atoms with Crippen molar-refractivity contribution in [1.29, 1.82) is 0 Å². The summed E-state index contributed by atoms with van der Waals surface area (Å²) in [6.45, 7) is 2.83. The number of fused-ring (bicyclic) bond motifs is 1. The lowest BCUT2D eigenvalue weighted by atomic mass is 10.1. The fourth-order valence-corrected chi connectivity index (χ4v) is 2.65. The Kier molecular flexibility index (Phi) is 4.30. The zero-order valence-electron chi connectivity index (χ0n) is 13.3. The number of hydrogen-bond acceptors (Lipinski definition) is 4. The number of imide groups is 2. The first kappa shape index (κ1) is 16.4. The lowest BCUT2D eigenvalue weighted by Crippen LogP contribution is -2.39. The van der Waals surface area contributed by atoms with Crippen molar-refractivity contribution in [3.05, 3.63) is 55.1 Å². The van der Waals surface area contributed by atoms with Crippen LogP contribution in [-0.2, 0) is 14.4 Å². The van der Waals surface area contributed by atoms with Gasteiger partial charge in [-0.1, -0.05) is 42.5 Å². The molecule has 0 saturated carbocycles. The third-order valence-corrected chi connectivity index (χ3v) is 3.81. The molecule has 0 aromatic heterocycles. The van der Waals surface area contributed by atoms with Crippen LogP contribution in [0.5, 0.6) is 0 Å². The Morgan fingerprint density at radius 3 is 2.44 bits per heavy atom. The molecule has 0 aliphatic carbocycles. The third-order valence-electron chi connectivity index (χ3n) is 3.81. The van der Waals surface area contributed by atoms with Gasteiger partial charge in [-0.25, -0.2) is 9.69 Å². The number of carbonyl (C=O) groups excluding carboxylic acids is 4. The monoisotopic (exact) mass is 337 g/mol. The molecule has 1 fully saturated rings. The number of rotatable bonds is 5. The molecule has 0 bridgehead atoms. The van der Waals surface area contributed by atoms with Crippen molar-refractivity contribution in [3.8, 4) is 0 Å². The van der Waals surface area contributed by atoms with E-state index in [-0.39, 0.29) is 6.54 Å². The van der Waals surface area contributed by atoms with Gasteiger partial charge < -0.3 is 5.32 Å². The first-order chi connectivity index (χ1) is 12.0. The van der Waals surface area contributed by atoms with Crippen LogP contribution in [0.3, 0.4) is 0 Å². The van der Waals surface area contributed by atoms with Crippen molar-refractivity contribution in [3.63, 3.8) is 0 Å². The Hall–Kier alpha value is -3.48. The van der Waals surface area contributed by atoms with Crippen molar-refractivity contribution >= 4 is 40.2 Å². The van der Waals surface area contributed by atoms with Crippen LogP contribution in [0.15, 0.2) is 55.1 Å². The maximum atomic E-state index is 12.3. The molecule has 0 radical (unpaired) electrons. The molecule has 0 unspecified atom stereocenters. The Morgan fingerprint density at radius 1 is 1.00 bits per heavy atom. The van der Waals surface area contributed by atoms with Crippen LogP contribution < -0.4 is 5.32 Å². The smallest absolute Gasteiger partial charge is 0.324 e. The van der Waals surface area contributed by atoms with Gasteiger partial charge in [-0.2, -0.15) is 0 Å². The average Bonchev–Trinajstić information content (AvgIpc) is 2.80. The minimum absolute atomic E-state index is 0.0785. The molecule has 2 aromatic rings. The Bertz CT molecular complexity index is 901. The van der Waals surface area contributed by atoms with Gasteiger partial charge in [0.05, 0.1) is 0 Å². The topological polar surface area (TPSA) is 86.8 Å². The predicted octanol–water partition coefficient (Wildman–Crippen LogP) is 1.76. The second-order valence-electron chi connectivity index (χ2n) is 5.45. The van der Waals surface area contributed by atoms with Gasteiger partial charge in [0.1, 0.15) is 6.54 Å². The zero-order valence-corrected chi connectivity index (χ0v) is 13.3. The highest BCUT2D eigenvalue weighted by Gasteiger charge is 2.44. The molecule has 1 N–H and O–H groups in total. The van der Waals surface area contributed by atoms with Crippen molar-refractivity contribution in [2.24, 2.45) is 0 Å². The molecule has 7 heteroatoms. The number of benzene rings is 2. The Balaban J connectivity index is 1.76. The molecule has 0 atom stereocenters. The number of hydrogen-bond donors (Lipinski definition) is 1. The number of nitrogens with zero attached hydrogens (tertiary/aromatic N) is 2. The fraction of sp³-hybridized carbons (Fsp3) is 0.111. The normalized spacial score (nSPS) is 14.3. The van der Waals surface area contributed by atoms with Gasteiger partial charge >= 0.3 is 17.8 Å². The minimum atomic E-state index is -1.01. The van der Waals surface area contributed by atoms with Crippen molar-refractivity contribution in [2.45, 2.75) is 0 Å². The van der Waals surface area contributed by atoms with Crippen LogP contribution >= 0.6 is 0 Å². The van der Waals surface area contributed by atoms with Gasteiger partial charge in [-0.05, 0) is 11.5 Å². The quantitative estimate of drug-likeness (QED) is 0.512. The number of urea groups is 1. The molecule has 0 spiro atoms. The number of anilines is 1. The van der Waals surface area contributed by atoms with Gasteiger partial charge in [0.2, 0.25) is 5.91 Å². The predicted molar refractivity (Wildman–Crippen MR) is 91.6 cm³/mol. The summed E-state index contributed by atoms with van der Waals surface area (Å²) >= 11 is 0. The van der Waals surface area contributed by atoms with E-state index in [0.29, 0.717) is 10.6 Å². The summed E-state index contributed by atoms with van der Waals surface area (Å²) in [6.07, 6.45) is 1.34. The minimum Gasteiger partial charge on any atom is -0.324 e. The van der Waals surface area contributed by atoms with Gasteiger partial charge in [0, 0.05) is 17.6 Å². The maximum Gasteiger partial charge on any atom is 0.335 e. The molecule has 3 rings (SSSR count). The van der Waals surface area contributed by atoms with Gasteiger partial charge in [0.25, 0.3) is 0 Å². The molecule has 126 valence electrons. The van der Waals surface area contributed by atoms with E-state index in [4.69, 9.17) is 0 Å². The number of amides is 5. The van der Waals surface area contributed by atoms with Crippen molar-refractivity contribution in [2.75, 3.05) is 18.4 Å². The highest BCUT2D eigenvalue weighted by molar-refractivity contribution is 6.45. The number of nitrogens with one attached hydrogen (secondary N) is 1. The summed E-state index contributed by atoms with van der Waals surface area (Å²) in [5, 5.41) is 4.46. The maximum absolute atomic E-state index is 12.3. The summed E-state index contributed by atoms with van der Waals surface area (Å²) in [5.74, 6) is -2.53. The molecular weight excluding hydrogens is 322 g/mol. The largest absolute Gasteiger partial charge is 0.335 e. The first-order valence-electron chi connectivity index (χ1n) is 7.58. The fourth-order valence-electron chi connectivity index (χ4n) is 2.65. The molecular formula is C18H15N3O4. The second-order valence-corrected chi connectivity index (χ2v) is 5.45.